The SMILES string of the molecule is CC(C)S(=O)(=O)N1CCN(c2cnn(-c3cc(Cl)cc(Cl)c3)c(=O)c2OC2CCOC2)CC1. The molecule has 2 fully saturated rings. The number of anilines is 1. The zero-order chi connectivity index (χ0) is 23.8. The summed E-state index contributed by atoms with van der Waals surface area (Å²) in [6.07, 6.45) is 1.98. The zero-order valence-corrected chi connectivity index (χ0v) is 20.7. The van der Waals surface area contributed by atoms with Crippen molar-refractivity contribution in [3.8, 4) is 11.4 Å². The average molecular weight is 517 g/mol. The summed E-state index contributed by atoms with van der Waals surface area (Å²) < 4.78 is 39.2. The minimum absolute atomic E-state index is 0.150. The van der Waals surface area contributed by atoms with E-state index in [1.165, 1.54) is 8.99 Å². The van der Waals surface area contributed by atoms with Gasteiger partial charge < -0.3 is 14.4 Å². The van der Waals surface area contributed by atoms with Gasteiger partial charge in [0.05, 0.1) is 30.3 Å². The van der Waals surface area contributed by atoms with E-state index in [-0.39, 0.29) is 11.9 Å². The van der Waals surface area contributed by atoms with E-state index in [0.29, 0.717) is 67.2 Å². The Balaban J connectivity index is 1.68. The summed E-state index contributed by atoms with van der Waals surface area (Å²) in [7, 11) is -3.34. The van der Waals surface area contributed by atoms with E-state index < -0.39 is 20.8 Å². The van der Waals surface area contributed by atoms with Gasteiger partial charge in [0.15, 0.2) is 0 Å². The minimum Gasteiger partial charge on any atom is -0.480 e. The van der Waals surface area contributed by atoms with Crippen LogP contribution in [-0.4, -0.2) is 73.3 Å². The van der Waals surface area contributed by atoms with Crippen molar-refractivity contribution in [3.05, 3.63) is 44.8 Å². The monoisotopic (exact) mass is 516 g/mol. The van der Waals surface area contributed by atoms with Gasteiger partial charge in [0.1, 0.15) is 11.8 Å². The van der Waals surface area contributed by atoms with Crippen molar-refractivity contribution in [1.82, 2.24) is 14.1 Å². The van der Waals surface area contributed by atoms with Gasteiger partial charge in [-0.15, -0.1) is 0 Å². The highest BCUT2D eigenvalue weighted by Gasteiger charge is 2.32. The lowest BCUT2D eigenvalue weighted by Gasteiger charge is -2.36. The molecule has 1 aromatic heterocycles. The summed E-state index contributed by atoms with van der Waals surface area (Å²) >= 11 is 12.2. The molecule has 0 bridgehead atoms. The normalized spacial score (nSPS) is 19.9. The summed E-state index contributed by atoms with van der Waals surface area (Å²) in [5, 5.41) is 4.61. The van der Waals surface area contributed by atoms with Gasteiger partial charge in [-0.25, -0.2) is 8.42 Å². The molecule has 12 heteroatoms. The second kappa shape index (κ2) is 9.79. The van der Waals surface area contributed by atoms with Gasteiger partial charge >= 0.3 is 5.56 Å². The predicted molar refractivity (Wildman–Crippen MR) is 128 cm³/mol. The second-order valence-electron chi connectivity index (χ2n) is 8.29. The average Bonchev–Trinajstić information content (AvgIpc) is 3.27. The van der Waals surface area contributed by atoms with E-state index in [0.717, 1.165) is 0 Å². The number of piperazine rings is 1. The number of sulfonamides is 1. The molecule has 2 aromatic rings. The van der Waals surface area contributed by atoms with Crippen molar-refractivity contribution in [2.45, 2.75) is 31.6 Å². The van der Waals surface area contributed by atoms with Crippen LogP contribution in [0.4, 0.5) is 5.69 Å². The molecule has 33 heavy (non-hydrogen) atoms. The molecule has 2 aliphatic rings. The molecule has 0 N–H and O–H groups in total. The standard InChI is InChI=1S/C21H26Cl2N4O5S/c1-14(2)33(29,30)26-6-4-25(5-7-26)19-12-24-27(17-10-15(22)9-16(23)11-17)21(28)20(19)32-18-3-8-31-13-18/h9-12,14,18H,3-8,13H2,1-2H3. The Hall–Kier alpha value is -1.85. The van der Waals surface area contributed by atoms with E-state index in [1.807, 2.05) is 4.90 Å². The summed E-state index contributed by atoms with van der Waals surface area (Å²) in [6.45, 7) is 5.76. The van der Waals surface area contributed by atoms with E-state index in [1.54, 1.807) is 38.2 Å². The minimum atomic E-state index is -3.34. The Kier molecular flexibility index (Phi) is 7.20. The lowest BCUT2D eigenvalue weighted by Crippen LogP contribution is -2.50. The van der Waals surface area contributed by atoms with Crippen LogP contribution in [0.5, 0.6) is 5.75 Å². The Morgan fingerprint density at radius 3 is 2.36 bits per heavy atom. The number of rotatable bonds is 6. The van der Waals surface area contributed by atoms with Crippen LogP contribution in [0.3, 0.4) is 0 Å². The molecule has 0 saturated carbocycles. The number of halogens is 2. The molecule has 1 atom stereocenters. The number of nitrogens with zero attached hydrogens (tertiary/aromatic N) is 4. The maximum Gasteiger partial charge on any atom is 0.316 e. The maximum absolute atomic E-state index is 13.5. The first-order valence-electron chi connectivity index (χ1n) is 10.7. The van der Waals surface area contributed by atoms with Gasteiger partial charge in [-0.05, 0) is 32.0 Å². The third-order valence-corrected chi connectivity index (χ3v) is 8.43. The summed E-state index contributed by atoms with van der Waals surface area (Å²) in [5.74, 6) is 0.150. The maximum atomic E-state index is 13.5. The molecule has 4 rings (SSSR count). The summed E-state index contributed by atoms with van der Waals surface area (Å²) in [5.41, 5.74) is 0.497. The van der Waals surface area contributed by atoms with Gasteiger partial charge in [0.25, 0.3) is 0 Å². The molecular formula is C21H26Cl2N4O5S. The molecule has 180 valence electrons. The van der Waals surface area contributed by atoms with E-state index in [9.17, 15) is 13.2 Å². The third-order valence-electron chi connectivity index (χ3n) is 5.71. The quantitative estimate of drug-likeness (QED) is 0.582. The highest BCUT2D eigenvalue weighted by molar-refractivity contribution is 7.89. The smallest absolute Gasteiger partial charge is 0.316 e. The molecule has 0 spiro atoms. The van der Waals surface area contributed by atoms with Crippen molar-refractivity contribution in [1.29, 1.82) is 0 Å². The Morgan fingerprint density at radius 2 is 1.79 bits per heavy atom. The summed E-state index contributed by atoms with van der Waals surface area (Å²) in [4.78, 5) is 15.4. The van der Waals surface area contributed by atoms with Crippen molar-refractivity contribution >= 4 is 38.9 Å². The van der Waals surface area contributed by atoms with Crippen molar-refractivity contribution in [2.24, 2.45) is 0 Å². The molecule has 0 amide bonds. The first-order valence-corrected chi connectivity index (χ1v) is 13.0. The number of ether oxygens (including phenoxy) is 2. The van der Waals surface area contributed by atoms with Crippen LogP contribution in [0.15, 0.2) is 29.2 Å². The Labute approximate surface area is 202 Å². The van der Waals surface area contributed by atoms with Crippen LogP contribution >= 0.6 is 23.2 Å². The predicted octanol–water partition coefficient (Wildman–Crippen LogP) is 2.57. The topological polar surface area (TPSA) is 94.0 Å². The molecule has 0 radical (unpaired) electrons. The molecule has 2 saturated heterocycles. The van der Waals surface area contributed by atoms with Crippen LogP contribution in [0, 0.1) is 0 Å². The number of hydrogen-bond donors (Lipinski definition) is 0. The van der Waals surface area contributed by atoms with Gasteiger partial charge in [0, 0.05) is 42.6 Å². The van der Waals surface area contributed by atoms with Gasteiger partial charge in [0.2, 0.25) is 15.8 Å². The fourth-order valence-electron chi connectivity index (χ4n) is 3.86. The molecule has 0 aliphatic carbocycles. The highest BCUT2D eigenvalue weighted by atomic mass is 35.5. The molecule has 3 heterocycles. The number of hydrogen-bond acceptors (Lipinski definition) is 7. The largest absolute Gasteiger partial charge is 0.480 e. The van der Waals surface area contributed by atoms with E-state index in [2.05, 4.69) is 5.10 Å². The third kappa shape index (κ3) is 5.14. The van der Waals surface area contributed by atoms with Gasteiger partial charge in [-0.1, -0.05) is 23.2 Å². The van der Waals surface area contributed by atoms with E-state index >= 15 is 0 Å². The van der Waals surface area contributed by atoms with Crippen LogP contribution in [0.25, 0.3) is 5.69 Å². The van der Waals surface area contributed by atoms with Crippen molar-refractivity contribution in [2.75, 3.05) is 44.3 Å². The van der Waals surface area contributed by atoms with Crippen LogP contribution < -0.4 is 15.2 Å². The fraction of sp³-hybridized carbons (Fsp3) is 0.524. The molecular weight excluding hydrogens is 491 g/mol. The lowest BCUT2D eigenvalue weighted by atomic mass is 10.2. The van der Waals surface area contributed by atoms with Crippen molar-refractivity contribution in [3.63, 3.8) is 0 Å². The Bertz CT molecular complexity index is 1150. The van der Waals surface area contributed by atoms with Crippen molar-refractivity contribution < 1.29 is 17.9 Å². The summed E-state index contributed by atoms with van der Waals surface area (Å²) in [6, 6.07) is 4.77. The number of benzene rings is 1. The lowest BCUT2D eigenvalue weighted by molar-refractivity contribution is 0.140. The van der Waals surface area contributed by atoms with Gasteiger partial charge in [-0.3, -0.25) is 4.79 Å². The fourth-order valence-corrected chi connectivity index (χ4v) is 5.65. The van der Waals surface area contributed by atoms with E-state index in [4.69, 9.17) is 32.7 Å². The first kappa shape index (κ1) is 24.3. The van der Waals surface area contributed by atoms with Crippen LogP contribution in [0.2, 0.25) is 10.0 Å². The second-order valence-corrected chi connectivity index (χ2v) is 11.6. The zero-order valence-electron chi connectivity index (χ0n) is 18.4. The molecule has 1 unspecified atom stereocenters. The van der Waals surface area contributed by atoms with Crippen LogP contribution in [0.1, 0.15) is 20.3 Å². The van der Waals surface area contributed by atoms with Gasteiger partial charge in [-0.2, -0.15) is 14.1 Å². The Morgan fingerprint density at radius 1 is 1.12 bits per heavy atom. The molecule has 2 aliphatic heterocycles. The molecule has 9 nitrogen and oxygen atoms in total. The highest BCUT2D eigenvalue weighted by Crippen LogP contribution is 2.29. The number of aromatic nitrogens is 2. The molecule has 1 aromatic carbocycles. The first-order chi connectivity index (χ1) is 15.7. The van der Waals surface area contributed by atoms with Crippen LogP contribution in [-0.2, 0) is 14.8 Å².